The Bertz CT molecular complexity index is 921. The third-order valence-electron chi connectivity index (χ3n) is 5.62. The van der Waals surface area contributed by atoms with E-state index >= 15 is 0 Å². The zero-order valence-corrected chi connectivity index (χ0v) is 20.1. The zero-order chi connectivity index (χ0) is 21.8. The first-order valence-corrected chi connectivity index (χ1v) is 12.1. The van der Waals surface area contributed by atoms with Crippen molar-refractivity contribution in [3.63, 3.8) is 0 Å². The number of nitrogens with one attached hydrogen (secondary N) is 3. The summed E-state index contributed by atoms with van der Waals surface area (Å²) in [6, 6.07) is 7.81. The van der Waals surface area contributed by atoms with Crippen molar-refractivity contribution in [2.24, 2.45) is 0 Å². The van der Waals surface area contributed by atoms with Crippen molar-refractivity contribution < 1.29 is 9.53 Å². The maximum absolute atomic E-state index is 11.9. The minimum absolute atomic E-state index is 0.0555. The van der Waals surface area contributed by atoms with Crippen LogP contribution in [-0.2, 0) is 17.7 Å². The second-order valence-corrected chi connectivity index (χ2v) is 9.71. The average molecular weight is 536 g/mol. The van der Waals surface area contributed by atoms with E-state index in [1.165, 1.54) is 5.56 Å². The fourth-order valence-electron chi connectivity index (χ4n) is 4.03. The van der Waals surface area contributed by atoms with Crippen molar-refractivity contribution in [1.29, 1.82) is 0 Å². The number of urea groups is 1. The quantitative estimate of drug-likeness (QED) is 0.309. The first-order chi connectivity index (χ1) is 15.0. The van der Waals surface area contributed by atoms with Gasteiger partial charge in [0.05, 0.1) is 29.0 Å². The van der Waals surface area contributed by atoms with Crippen LogP contribution in [0.25, 0.3) is 11.4 Å². The van der Waals surface area contributed by atoms with Crippen molar-refractivity contribution in [3.8, 4) is 11.4 Å². The van der Waals surface area contributed by atoms with E-state index in [2.05, 4.69) is 50.4 Å². The number of anilines is 2. The summed E-state index contributed by atoms with van der Waals surface area (Å²) >= 11 is 2.15. The number of nitrogens with zero attached hydrogens (tertiary/aromatic N) is 3. The van der Waals surface area contributed by atoms with Gasteiger partial charge in [-0.2, -0.15) is 0 Å². The molecule has 1 saturated heterocycles. The van der Waals surface area contributed by atoms with E-state index in [-0.39, 0.29) is 10.1 Å². The van der Waals surface area contributed by atoms with Crippen LogP contribution < -0.4 is 20.9 Å². The molecule has 31 heavy (non-hydrogen) atoms. The molecule has 1 aromatic heterocycles. The van der Waals surface area contributed by atoms with Crippen molar-refractivity contribution in [1.82, 2.24) is 20.6 Å². The highest BCUT2D eigenvalue weighted by Crippen LogP contribution is 2.30. The minimum Gasteiger partial charge on any atom is -0.377 e. The van der Waals surface area contributed by atoms with Gasteiger partial charge in [0.1, 0.15) is 5.82 Å². The molecule has 2 aromatic rings. The molecule has 1 aromatic carbocycles. The Kier molecular flexibility index (Phi) is 7.24. The van der Waals surface area contributed by atoms with Crippen LogP contribution in [0.5, 0.6) is 0 Å². The van der Waals surface area contributed by atoms with Crippen LogP contribution in [0.15, 0.2) is 24.3 Å². The van der Waals surface area contributed by atoms with E-state index in [9.17, 15) is 4.79 Å². The van der Waals surface area contributed by atoms with Gasteiger partial charge in [0.15, 0.2) is 5.82 Å². The normalized spacial score (nSPS) is 19.5. The number of amides is 2. The van der Waals surface area contributed by atoms with Gasteiger partial charge >= 0.3 is 6.03 Å². The number of ether oxygens (including phenoxy) is 1. The molecular weight excluding hydrogens is 507 g/mol. The number of fused-ring (bicyclic) bond motifs is 1. The van der Waals surface area contributed by atoms with Crippen LogP contribution >= 0.6 is 22.6 Å². The standard InChI is InChI=1S/C22H29IN6O2/c1-3-17-13-31-11-10-29(17)21-18-8-9-24-12-19(18)27-20(28-21)15-4-6-16(7-5-15)26-22(30)25-14(2)23/h4-7,14,17,24H,3,8-13H2,1-2H3,(H2,25,26,30). The number of benzene rings is 1. The molecule has 2 amide bonds. The number of halogens is 1. The lowest BCUT2D eigenvalue weighted by molar-refractivity contribution is 0.0924. The van der Waals surface area contributed by atoms with E-state index in [1.807, 2.05) is 31.2 Å². The summed E-state index contributed by atoms with van der Waals surface area (Å²) in [5.41, 5.74) is 4.00. The van der Waals surface area contributed by atoms with Crippen molar-refractivity contribution in [2.45, 2.75) is 43.3 Å². The van der Waals surface area contributed by atoms with Crippen molar-refractivity contribution >= 4 is 40.1 Å². The number of carbonyl (C=O) groups excluding carboxylic acids is 1. The molecule has 0 saturated carbocycles. The summed E-state index contributed by atoms with van der Waals surface area (Å²) in [6.07, 6.45) is 1.95. The lowest BCUT2D eigenvalue weighted by Gasteiger charge is -2.38. The lowest BCUT2D eigenvalue weighted by Crippen LogP contribution is -2.46. The molecule has 0 bridgehead atoms. The molecule has 2 unspecified atom stereocenters. The minimum atomic E-state index is -0.217. The maximum atomic E-state index is 11.9. The highest BCUT2D eigenvalue weighted by molar-refractivity contribution is 14.1. The Morgan fingerprint density at radius 3 is 2.90 bits per heavy atom. The van der Waals surface area contributed by atoms with Crippen LogP contribution in [0.3, 0.4) is 0 Å². The topological polar surface area (TPSA) is 91.4 Å². The number of hydrogen-bond donors (Lipinski definition) is 3. The van der Waals surface area contributed by atoms with Gasteiger partial charge in [-0.15, -0.1) is 0 Å². The number of rotatable bonds is 5. The van der Waals surface area contributed by atoms with Gasteiger partial charge in [0.25, 0.3) is 0 Å². The van der Waals surface area contributed by atoms with Gasteiger partial charge in [0.2, 0.25) is 0 Å². The maximum Gasteiger partial charge on any atom is 0.320 e. The lowest BCUT2D eigenvalue weighted by atomic mass is 10.0. The Balaban J connectivity index is 1.63. The summed E-state index contributed by atoms with van der Waals surface area (Å²) in [7, 11) is 0. The fourth-order valence-corrected chi connectivity index (χ4v) is 4.31. The van der Waals surface area contributed by atoms with E-state index < -0.39 is 0 Å². The van der Waals surface area contributed by atoms with Gasteiger partial charge in [-0.1, -0.05) is 29.5 Å². The number of alkyl halides is 1. The number of hydrogen-bond acceptors (Lipinski definition) is 6. The third kappa shape index (κ3) is 5.27. The fraction of sp³-hybridized carbons (Fsp3) is 0.500. The first kappa shape index (κ1) is 22.2. The summed E-state index contributed by atoms with van der Waals surface area (Å²) in [6.45, 7) is 8.13. The summed E-state index contributed by atoms with van der Waals surface area (Å²) in [5.74, 6) is 1.77. The SMILES string of the molecule is CCC1COCCN1c1nc(-c2ccc(NC(=O)NC(C)I)cc2)nc2c1CCNC2. The number of morpholine rings is 1. The molecule has 1 fully saturated rings. The van der Waals surface area contributed by atoms with E-state index in [0.717, 1.165) is 74.3 Å². The van der Waals surface area contributed by atoms with Crippen LogP contribution in [-0.4, -0.2) is 52.4 Å². The molecular formula is C22H29IN6O2. The predicted molar refractivity (Wildman–Crippen MR) is 131 cm³/mol. The Morgan fingerprint density at radius 2 is 2.16 bits per heavy atom. The molecule has 4 rings (SSSR count). The van der Waals surface area contributed by atoms with E-state index in [1.54, 1.807) is 0 Å². The third-order valence-corrected chi connectivity index (χ3v) is 5.93. The highest BCUT2D eigenvalue weighted by Gasteiger charge is 2.28. The monoisotopic (exact) mass is 536 g/mol. The predicted octanol–water partition coefficient (Wildman–Crippen LogP) is 3.31. The molecule has 0 aliphatic carbocycles. The molecule has 2 aliphatic heterocycles. The summed E-state index contributed by atoms with van der Waals surface area (Å²) in [4.78, 5) is 24.3. The van der Waals surface area contributed by atoms with Gasteiger partial charge in [0, 0.05) is 29.9 Å². The number of aromatic nitrogens is 2. The molecule has 0 radical (unpaired) electrons. The second-order valence-electron chi connectivity index (χ2n) is 7.85. The first-order valence-electron chi connectivity index (χ1n) is 10.8. The second kappa shape index (κ2) is 10.1. The van der Waals surface area contributed by atoms with Crippen LogP contribution in [0.4, 0.5) is 16.3 Å². The van der Waals surface area contributed by atoms with Gasteiger partial charge < -0.3 is 25.6 Å². The van der Waals surface area contributed by atoms with Gasteiger partial charge in [-0.25, -0.2) is 14.8 Å². The summed E-state index contributed by atoms with van der Waals surface area (Å²) in [5, 5.41) is 9.10. The average Bonchev–Trinajstić information content (AvgIpc) is 2.78. The molecule has 9 heteroatoms. The van der Waals surface area contributed by atoms with Crippen LogP contribution in [0.1, 0.15) is 31.5 Å². The molecule has 3 heterocycles. The van der Waals surface area contributed by atoms with Gasteiger partial charge in [-0.05, 0) is 50.6 Å². The van der Waals surface area contributed by atoms with E-state index in [0.29, 0.717) is 6.04 Å². The zero-order valence-electron chi connectivity index (χ0n) is 17.9. The van der Waals surface area contributed by atoms with Crippen LogP contribution in [0, 0.1) is 0 Å². The smallest absolute Gasteiger partial charge is 0.320 e. The molecule has 3 N–H and O–H groups in total. The molecule has 8 nitrogen and oxygen atoms in total. The van der Waals surface area contributed by atoms with Crippen LogP contribution in [0.2, 0.25) is 0 Å². The molecule has 166 valence electrons. The molecule has 2 aliphatic rings. The Labute approximate surface area is 196 Å². The highest BCUT2D eigenvalue weighted by atomic mass is 127. The number of carbonyl (C=O) groups is 1. The van der Waals surface area contributed by atoms with Crippen molar-refractivity contribution in [2.75, 3.05) is 36.5 Å². The Hall–Kier alpha value is -1.98. The molecule has 0 spiro atoms. The largest absolute Gasteiger partial charge is 0.377 e. The van der Waals surface area contributed by atoms with E-state index in [4.69, 9.17) is 14.7 Å². The van der Waals surface area contributed by atoms with Gasteiger partial charge in [-0.3, -0.25) is 0 Å². The molecule has 2 atom stereocenters. The Morgan fingerprint density at radius 1 is 1.35 bits per heavy atom. The summed E-state index contributed by atoms with van der Waals surface area (Å²) < 4.78 is 5.77. The van der Waals surface area contributed by atoms with Crippen molar-refractivity contribution in [3.05, 3.63) is 35.5 Å².